The molecule has 1 aliphatic carbocycles. The number of nitrogens with zero attached hydrogens (tertiary/aromatic N) is 1. The van der Waals surface area contributed by atoms with Gasteiger partial charge < -0.3 is 10.4 Å². The van der Waals surface area contributed by atoms with Gasteiger partial charge in [-0.15, -0.1) is 0 Å². The number of carboxylic acids is 1. The van der Waals surface area contributed by atoms with Gasteiger partial charge in [-0.05, 0) is 37.8 Å². The smallest absolute Gasteiger partial charge is 0.320 e. The zero-order valence-corrected chi connectivity index (χ0v) is 14.7. The molecule has 0 aromatic heterocycles. The van der Waals surface area contributed by atoms with Crippen molar-refractivity contribution in [3.05, 3.63) is 35.9 Å². The molecule has 2 fully saturated rings. The summed E-state index contributed by atoms with van der Waals surface area (Å²) < 4.78 is 0. The Morgan fingerprint density at radius 1 is 1.12 bits per heavy atom. The van der Waals surface area contributed by atoms with Gasteiger partial charge >= 0.3 is 5.97 Å². The molecule has 2 N–H and O–H groups in total. The van der Waals surface area contributed by atoms with E-state index in [1.807, 2.05) is 6.07 Å². The van der Waals surface area contributed by atoms with Crippen molar-refractivity contribution in [3.63, 3.8) is 0 Å². The molecule has 1 amide bonds. The number of amides is 1. The van der Waals surface area contributed by atoms with E-state index in [0.717, 1.165) is 19.3 Å². The maximum atomic E-state index is 12.4. The summed E-state index contributed by atoms with van der Waals surface area (Å²) in [4.78, 5) is 25.5. The van der Waals surface area contributed by atoms with Crippen LogP contribution in [0.2, 0.25) is 0 Å². The van der Waals surface area contributed by atoms with E-state index in [1.54, 1.807) is 4.90 Å². The molecule has 1 aromatic carbocycles. The molecule has 5 nitrogen and oxygen atoms in total. The molecule has 5 heteroatoms. The van der Waals surface area contributed by atoms with E-state index in [2.05, 4.69) is 29.6 Å². The van der Waals surface area contributed by atoms with Gasteiger partial charge in [0.05, 0.1) is 6.54 Å². The highest BCUT2D eigenvalue weighted by molar-refractivity contribution is 5.80. The van der Waals surface area contributed by atoms with Gasteiger partial charge in [0.2, 0.25) is 5.91 Å². The number of likely N-dealkylation sites (tertiary alicyclic amines) is 1. The lowest BCUT2D eigenvalue weighted by Gasteiger charge is -2.38. The van der Waals surface area contributed by atoms with Crippen LogP contribution in [0.25, 0.3) is 0 Å². The van der Waals surface area contributed by atoms with Gasteiger partial charge in [-0.25, -0.2) is 0 Å². The number of carboxylic acid groups (broad SMARTS) is 1. The van der Waals surface area contributed by atoms with Crippen LogP contribution in [-0.4, -0.2) is 47.6 Å². The van der Waals surface area contributed by atoms with Gasteiger partial charge in [0.25, 0.3) is 0 Å². The van der Waals surface area contributed by atoms with Crippen LogP contribution in [0.4, 0.5) is 0 Å². The highest BCUT2D eigenvalue weighted by Gasteiger charge is 2.35. The van der Waals surface area contributed by atoms with E-state index < -0.39 is 12.0 Å². The minimum absolute atomic E-state index is 0.0202. The number of rotatable bonds is 6. The van der Waals surface area contributed by atoms with Crippen molar-refractivity contribution < 1.29 is 14.7 Å². The summed E-state index contributed by atoms with van der Waals surface area (Å²) in [5, 5.41) is 12.4. The Hall–Kier alpha value is -1.88. The van der Waals surface area contributed by atoms with Crippen molar-refractivity contribution in [2.45, 2.75) is 56.4 Å². The highest BCUT2D eigenvalue weighted by Crippen LogP contribution is 2.38. The Labute approximate surface area is 149 Å². The Morgan fingerprint density at radius 2 is 1.84 bits per heavy atom. The van der Waals surface area contributed by atoms with Crippen molar-refractivity contribution in [1.29, 1.82) is 0 Å². The van der Waals surface area contributed by atoms with E-state index in [1.165, 1.54) is 24.8 Å². The molecule has 0 spiro atoms. The summed E-state index contributed by atoms with van der Waals surface area (Å²) in [6, 6.07) is 9.97. The van der Waals surface area contributed by atoms with Gasteiger partial charge in [0.15, 0.2) is 0 Å². The quantitative estimate of drug-likeness (QED) is 0.832. The van der Waals surface area contributed by atoms with Crippen molar-refractivity contribution in [1.82, 2.24) is 10.2 Å². The van der Waals surface area contributed by atoms with Crippen molar-refractivity contribution in [2.24, 2.45) is 0 Å². The lowest BCUT2D eigenvalue weighted by molar-refractivity contribution is -0.142. The SMILES string of the molecule is O=C(CN1CCC[C@@H]1C(=O)O)NCC1(c2ccccc2)CCCCC1. The van der Waals surface area contributed by atoms with Crippen LogP contribution in [-0.2, 0) is 15.0 Å². The third-order valence-corrected chi connectivity index (χ3v) is 5.82. The predicted octanol–water partition coefficient (Wildman–Crippen LogP) is 2.55. The third-order valence-electron chi connectivity index (χ3n) is 5.82. The summed E-state index contributed by atoms with van der Waals surface area (Å²) in [5.41, 5.74) is 1.33. The summed E-state index contributed by atoms with van der Waals surface area (Å²) in [6.45, 7) is 1.51. The fourth-order valence-electron chi connectivity index (χ4n) is 4.39. The van der Waals surface area contributed by atoms with Gasteiger partial charge in [-0.1, -0.05) is 49.6 Å². The van der Waals surface area contributed by atoms with Gasteiger partial charge in [0, 0.05) is 12.0 Å². The zero-order valence-electron chi connectivity index (χ0n) is 14.7. The summed E-state index contributed by atoms with van der Waals surface area (Å²) in [7, 11) is 0. The zero-order chi connectivity index (χ0) is 17.7. The Bertz CT molecular complexity index is 596. The molecule has 1 aliphatic heterocycles. The summed E-state index contributed by atoms with van der Waals surface area (Å²) in [5.74, 6) is -0.882. The first-order valence-electron chi connectivity index (χ1n) is 9.40. The number of nitrogens with one attached hydrogen (secondary N) is 1. The van der Waals surface area contributed by atoms with Crippen LogP contribution in [0.15, 0.2) is 30.3 Å². The third kappa shape index (κ3) is 4.21. The molecule has 0 unspecified atom stereocenters. The average molecular weight is 344 g/mol. The fraction of sp³-hybridized carbons (Fsp3) is 0.600. The molecule has 3 rings (SSSR count). The van der Waals surface area contributed by atoms with E-state index in [-0.39, 0.29) is 17.9 Å². The molecule has 1 atom stereocenters. The lowest BCUT2D eigenvalue weighted by atomic mass is 9.69. The molecule has 25 heavy (non-hydrogen) atoms. The fourth-order valence-corrected chi connectivity index (χ4v) is 4.39. The van der Waals surface area contributed by atoms with Crippen molar-refractivity contribution in [2.75, 3.05) is 19.6 Å². The number of hydrogen-bond donors (Lipinski definition) is 2. The topological polar surface area (TPSA) is 69.6 Å². The van der Waals surface area contributed by atoms with Crippen LogP contribution in [0.3, 0.4) is 0 Å². The van der Waals surface area contributed by atoms with Crippen molar-refractivity contribution >= 4 is 11.9 Å². The predicted molar refractivity (Wildman–Crippen MR) is 96.4 cm³/mol. The van der Waals surface area contributed by atoms with E-state index in [9.17, 15) is 14.7 Å². The number of hydrogen-bond acceptors (Lipinski definition) is 3. The van der Waals surface area contributed by atoms with Crippen LogP contribution < -0.4 is 5.32 Å². The normalized spacial score (nSPS) is 23.3. The molecule has 0 bridgehead atoms. The van der Waals surface area contributed by atoms with Crippen LogP contribution in [0.5, 0.6) is 0 Å². The monoisotopic (exact) mass is 344 g/mol. The minimum atomic E-state index is -0.821. The maximum absolute atomic E-state index is 12.4. The van der Waals surface area contributed by atoms with E-state index in [4.69, 9.17) is 0 Å². The molecule has 0 radical (unpaired) electrons. The van der Waals surface area contributed by atoms with E-state index >= 15 is 0 Å². The first-order chi connectivity index (χ1) is 12.1. The van der Waals surface area contributed by atoms with Crippen molar-refractivity contribution in [3.8, 4) is 0 Å². The Kier molecular flexibility index (Phi) is 5.74. The minimum Gasteiger partial charge on any atom is -0.480 e. The number of benzene rings is 1. The second-order valence-electron chi connectivity index (χ2n) is 7.45. The number of carbonyl (C=O) groups is 2. The molecule has 2 aliphatic rings. The molecule has 1 saturated heterocycles. The maximum Gasteiger partial charge on any atom is 0.320 e. The van der Waals surface area contributed by atoms with Gasteiger partial charge in [0.1, 0.15) is 6.04 Å². The molecule has 1 aromatic rings. The average Bonchev–Trinajstić information content (AvgIpc) is 3.10. The van der Waals surface area contributed by atoms with E-state index in [0.29, 0.717) is 19.5 Å². The highest BCUT2D eigenvalue weighted by atomic mass is 16.4. The lowest BCUT2D eigenvalue weighted by Crippen LogP contribution is -2.47. The first kappa shape index (κ1) is 17.9. The van der Waals surface area contributed by atoms with Crippen LogP contribution in [0.1, 0.15) is 50.5 Å². The number of carbonyl (C=O) groups excluding carboxylic acids is 1. The van der Waals surface area contributed by atoms with Crippen LogP contribution >= 0.6 is 0 Å². The second kappa shape index (κ2) is 8.00. The standard InChI is InChI=1S/C20H28N2O3/c23-18(14-22-13-7-10-17(22)19(24)25)21-15-20(11-5-2-6-12-20)16-8-3-1-4-9-16/h1,3-4,8-9,17H,2,5-7,10-15H2,(H,21,23)(H,24,25)/t17-/m1/s1. The molecule has 1 heterocycles. The Balaban J connectivity index is 1.61. The Morgan fingerprint density at radius 3 is 2.52 bits per heavy atom. The molecular formula is C20H28N2O3. The second-order valence-corrected chi connectivity index (χ2v) is 7.45. The van der Waals surface area contributed by atoms with Gasteiger partial charge in [-0.2, -0.15) is 0 Å². The van der Waals surface area contributed by atoms with Gasteiger partial charge in [-0.3, -0.25) is 14.5 Å². The molecular weight excluding hydrogens is 316 g/mol. The number of aliphatic carboxylic acids is 1. The largest absolute Gasteiger partial charge is 0.480 e. The first-order valence-corrected chi connectivity index (χ1v) is 9.40. The molecule has 1 saturated carbocycles. The summed E-state index contributed by atoms with van der Waals surface area (Å²) >= 11 is 0. The summed E-state index contributed by atoms with van der Waals surface area (Å²) in [6.07, 6.45) is 7.32. The van der Waals surface area contributed by atoms with Crippen LogP contribution in [0, 0.1) is 0 Å². The molecule has 136 valence electrons.